The van der Waals surface area contributed by atoms with Crippen LogP contribution < -0.4 is 0 Å². The maximum absolute atomic E-state index is 2.44. The zero-order valence-electron chi connectivity index (χ0n) is 37.9. The Bertz CT molecular complexity index is 3470. The molecule has 312 valence electrons. The van der Waals surface area contributed by atoms with E-state index >= 15 is 0 Å². The molecular formula is C63H55N. The molecule has 0 radical (unpaired) electrons. The topological polar surface area (TPSA) is 4.93 Å². The highest BCUT2D eigenvalue weighted by Crippen LogP contribution is 2.44. The highest BCUT2D eigenvalue weighted by atomic mass is 15.0. The van der Waals surface area contributed by atoms with Gasteiger partial charge in [-0.05, 0) is 132 Å². The van der Waals surface area contributed by atoms with Crippen LogP contribution >= 0.6 is 0 Å². The second-order valence-electron chi connectivity index (χ2n) is 16.4. The lowest BCUT2D eigenvalue weighted by molar-refractivity contribution is 1.09. The molecule has 1 heteroatoms. The van der Waals surface area contributed by atoms with E-state index in [1.165, 1.54) is 116 Å². The second-order valence-corrected chi connectivity index (χ2v) is 16.4. The van der Waals surface area contributed by atoms with E-state index in [2.05, 4.69) is 245 Å². The first-order chi connectivity index (χ1) is 31.5. The van der Waals surface area contributed by atoms with Gasteiger partial charge in [-0.1, -0.05) is 216 Å². The van der Waals surface area contributed by atoms with Crippen LogP contribution in [0.1, 0.15) is 70.2 Å². The zero-order chi connectivity index (χ0) is 44.2. The molecule has 0 aliphatic carbocycles. The Morgan fingerprint density at radius 1 is 0.328 bits per heavy atom. The monoisotopic (exact) mass is 825 g/mol. The number of rotatable bonds is 6. The van der Waals surface area contributed by atoms with Crippen LogP contribution in [0.25, 0.3) is 92.9 Å². The van der Waals surface area contributed by atoms with Crippen LogP contribution in [0, 0.1) is 0 Å². The van der Waals surface area contributed by atoms with E-state index in [1.54, 1.807) is 0 Å². The Morgan fingerprint density at radius 2 is 0.734 bits per heavy atom. The maximum atomic E-state index is 2.44. The first-order valence-corrected chi connectivity index (χ1v) is 22.9. The van der Waals surface area contributed by atoms with E-state index in [0.29, 0.717) is 0 Å². The maximum Gasteiger partial charge on any atom is 0.0547 e. The Balaban J connectivity index is 0.000000997. The molecule has 0 unspecified atom stereocenters. The molecule has 0 saturated heterocycles. The van der Waals surface area contributed by atoms with Crippen molar-refractivity contribution in [2.24, 2.45) is 0 Å². The van der Waals surface area contributed by atoms with Crippen LogP contribution in [0.5, 0.6) is 0 Å². The molecule has 11 aromatic rings. The van der Waals surface area contributed by atoms with Crippen LogP contribution in [0.15, 0.2) is 212 Å². The van der Waals surface area contributed by atoms with E-state index in [-0.39, 0.29) is 0 Å². The number of allylic oxidation sites excluding steroid dienone is 4. The van der Waals surface area contributed by atoms with Gasteiger partial charge in [-0.3, -0.25) is 0 Å². The number of fused-ring (bicyclic) bond motifs is 10. The molecular weight excluding hydrogens is 771 g/mol. The fraction of sp³-hybridized carbons (Fsp3) is 0.111. The van der Waals surface area contributed by atoms with Gasteiger partial charge in [-0.2, -0.15) is 0 Å². The van der Waals surface area contributed by atoms with Crippen LogP contribution in [-0.4, -0.2) is 4.57 Å². The van der Waals surface area contributed by atoms with E-state index in [0.717, 1.165) is 5.69 Å². The van der Waals surface area contributed by atoms with Crippen LogP contribution in [0.3, 0.4) is 0 Å². The molecule has 0 atom stereocenters. The summed E-state index contributed by atoms with van der Waals surface area (Å²) in [5.74, 6) is 0. The minimum Gasteiger partial charge on any atom is -0.309 e. The third-order valence-electron chi connectivity index (χ3n) is 12.4. The molecule has 1 aromatic heterocycles. The molecule has 0 aliphatic rings. The van der Waals surface area contributed by atoms with Crippen molar-refractivity contribution < 1.29 is 0 Å². The summed E-state index contributed by atoms with van der Waals surface area (Å²) in [6, 6.07) is 78.0. The van der Waals surface area contributed by atoms with Crippen molar-refractivity contribution in [3.8, 4) is 5.69 Å². The predicted molar refractivity (Wildman–Crippen MR) is 282 cm³/mol. The zero-order valence-corrected chi connectivity index (χ0v) is 37.9. The van der Waals surface area contributed by atoms with Crippen molar-refractivity contribution in [1.82, 2.24) is 4.57 Å². The van der Waals surface area contributed by atoms with Crippen LogP contribution in [-0.2, 0) is 0 Å². The van der Waals surface area contributed by atoms with Crippen molar-refractivity contribution in [2.45, 2.75) is 48.0 Å². The van der Waals surface area contributed by atoms with Gasteiger partial charge in [0.15, 0.2) is 0 Å². The minimum atomic E-state index is 1.16. The Hall–Kier alpha value is -7.48. The SMILES string of the molecule is C/C(=C(\C(=C(/C)c1ccc2c3ccccc3n(-c3ccc4ccccc4c3)c2c1)c1ccccc1)c1ccccc1)c1ccc2c3ccccc3c3ccccc3c2c1.CC.CCC. The van der Waals surface area contributed by atoms with Crippen molar-refractivity contribution in [3.63, 3.8) is 0 Å². The highest BCUT2D eigenvalue weighted by Gasteiger charge is 2.21. The summed E-state index contributed by atoms with van der Waals surface area (Å²) in [5, 5.41) is 12.7. The molecule has 1 nitrogen and oxygen atoms in total. The quantitative estimate of drug-likeness (QED) is 0.0894. The van der Waals surface area contributed by atoms with Gasteiger partial charge in [0, 0.05) is 16.5 Å². The number of hydrogen-bond acceptors (Lipinski definition) is 0. The highest BCUT2D eigenvalue weighted by molar-refractivity contribution is 6.27. The molecule has 10 aromatic carbocycles. The molecule has 0 amide bonds. The first-order valence-electron chi connectivity index (χ1n) is 22.9. The van der Waals surface area contributed by atoms with Gasteiger partial charge in [0.25, 0.3) is 0 Å². The number of hydrogen-bond donors (Lipinski definition) is 0. The molecule has 0 aliphatic heterocycles. The lowest BCUT2D eigenvalue weighted by Gasteiger charge is -2.22. The molecule has 1 heterocycles. The fourth-order valence-electron chi connectivity index (χ4n) is 9.53. The summed E-state index contributed by atoms with van der Waals surface area (Å²) in [6.07, 6.45) is 1.25. The Labute approximate surface area is 378 Å². The third-order valence-corrected chi connectivity index (χ3v) is 12.4. The number of nitrogens with zero attached hydrogens (tertiary/aromatic N) is 1. The van der Waals surface area contributed by atoms with Crippen LogP contribution in [0.2, 0.25) is 0 Å². The smallest absolute Gasteiger partial charge is 0.0547 e. The van der Waals surface area contributed by atoms with E-state index in [1.807, 2.05) is 13.8 Å². The first kappa shape index (κ1) is 41.9. The average molecular weight is 826 g/mol. The van der Waals surface area contributed by atoms with Gasteiger partial charge < -0.3 is 4.57 Å². The fourth-order valence-corrected chi connectivity index (χ4v) is 9.53. The summed E-state index contributed by atoms with van der Waals surface area (Å²) < 4.78 is 2.44. The lowest BCUT2D eigenvalue weighted by Crippen LogP contribution is -1.99. The van der Waals surface area contributed by atoms with Gasteiger partial charge in [0.2, 0.25) is 0 Å². The molecule has 0 spiro atoms. The summed E-state index contributed by atoms with van der Waals surface area (Å²) >= 11 is 0. The second kappa shape index (κ2) is 18.5. The molecule has 0 saturated carbocycles. The Morgan fingerprint density at radius 3 is 1.30 bits per heavy atom. The van der Waals surface area contributed by atoms with Gasteiger partial charge in [0.05, 0.1) is 11.0 Å². The van der Waals surface area contributed by atoms with E-state index < -0.39 is 0 Å². The molecule has 0 bridgehead atoms. The van der Waals surface area contributed by atoms with Gasteiger partial charge in [-0.15, -0.1) is 0 Å². The van der Waals surface area contributed by atoms with Crippen molar-refractivity contribution in [1.29, 1.82) is 0 Å². The molecule has 11 rings (SSSR count). The van der Waals surface area contributed by atoms with Gasteiger partial charge >= 0.3 is 0 Å². The molecule has 0 fully saturated rings. The van der Waals surface area contributed by atoms with Crippen LogP contribution in [0.4, 0.5) is 0 Å². The summed E-state index contributed by atoms with van der Waals surface area (Å²) in [5.41, 5.74) is 13.3. The standard InChI is InChI=1S/C58H41N.C3H8.C2H6/c1-38(43-30-33-51-49-25-12-11-23-47(49)48-24-13-14-26-50(48)54(51)36-43)57(41-18-5-3-6-19-41)58(42-20-7-4-8-21-42)39(2)44-31-34-53-52-27-15-16-28-55(52)59(56(53)37-44)46-32-29-40-17-9-10-22-45(40)35-46;1-3-2;1-2/h3-37H,1-2H3;3H2,1-2H3;1-2H3/b57-38+,58-39+;;. The van der Waals surface area contributed by atoms with Gasteiger partial charge in [0.1, 0.15) is 0 Å². The van der Waals surface area contributed by atoms with E-state index in [4.69, 9.17) is 0 Å². The summed E-state index contributed by atoms with van der Waals surface area (Å²) in [6.45, 7) is 12.9. The normalized spacial score (nSPS) is 12.2. The number of aromatic nitrogens is 1. The van der Waals surface area contributed by atoms with Gasteiger partial charge in [-0.25, -0.2) is 0 Å². The largest absolute Gasteiger partial charge is 0.309 e. The number of para-hydroxylation sites is 1. The third kappa shape index (κ3) is 7.58. The molecule has 64 heavy (non-hydrogen) atoms. The predicted octanol–water partition coefficient (Wildman–Crippen LogP) is 18.4. The average Bonchev–Trinajstić information content (AvgIpc) is 3.70. The summed E-state index contributed by atoms with van der Waals surface area (Å²) in [4.78, 5) is 0. The van der Waals surface area contributed by atoms with Crippen molar-refractivity contribution in [2.75, 3.05) is 0 Å². The lowest BCUT2D eigenvalue weighted by atomic mass is 9.82. The van der Waals surface area contributed by atoms with Crippen molar-refractivity contribution >= 4 is 87.2 Å². The van der Waals surface area contributed by atoms with E-state index in [9.17, 15) is 0 Å². The Kier molecular flexibility index (Phi) is 12.1. The summed E-state index contributed by atoms with van der Waals surface area (Å²) in [7, 11) is 0. The molecule has 0 N–H and O–H groups in total. The number of benzene rings is 10. The minimum absolute atomic E-state index is 1.16. The van der Waals surface area contributed by atoms with Crippen molar-refractivity contribution in [3.05, 3.63) is 235 Å².